The standard InChI is InChI=1S/C12H15FN2O3/c1-2-15-11(16)5-6-18-12(17)9-7-8(14)3-4-10(9)13/h3-4,7H,2,5-6,14H2,1H3,(H,15,16). The van der Waals surface area contributed by atoms with Gasteiger partial charge in [0.25, 0.3) is 0 Å². The van der Waals surface area contributed by atoms with Crippen molar-refractivity contribution in [2.24, 2.45) is 0 Å². The molecule has 18 heavy (non-hydrogen) atoms. The van der Waals surface area contributed by atoms with Gasteiger partial charge in [-0.25, -0.2) is 9.18 Å². The van der Waals surface area contributed by atoms with Crippen LogP contribution in [0.15, 0.2) is 18.2 Å². The number of carbonyl (C=O) groups excluding carboxylic acids is 2. The summed E-state index contributed by atoms with van der Waals surface area (Å²) in [4.78, 5) is 22.6. The van der Waals surface area contributed by atoms with Crippen LogP contribution in [-0.4, -0.2) is 25.0 Å². The number of hydrogen-bond acceptors (Lipinski definition) is 4. The van der Waals surface area contributed by atoms with E-state index >= 15 is 0 Å². The van der Waals surface area contributed by atoms with Crippen LogP contribution < -0.4 is 11.1 Å². The van der Waals surface area contributed by atoms with Gasteiger partial charge in [-0.05, 0) is 25.1 Å². The van der Waals surface area contributed by atoms with Crippen LogP contribution in [0.3, 0.4) is 0 Å². The minimum Gasteiger partial charge on any atom is -0.461 e. The number of halogens is 1. The lowest BCUT2D eigenvalue weighted by molar-refractivity contribution is -0.121. The molecule has 0 saturated heterocycles. The van der Waals surface area contributed by atoms with Crippen molar-refractivity contribution in [1.29, 1.82) is 0 Å². The molecule has 0 aliphatic heterocycles. The summed E-state index contributed by atoms with van der Waals surface area (Å²) in [5, 5.41) is 2.56. The molecular formula is C12H15FN2O3. The van der Waals surface area contributed by atoms with E-state index < -0.39 is 11.8 Å². The van der Waals surface area contributed by atoms with E-state index in [1.54, 1.807) is 6.92 Å². The van der Waals surface area contributed by atoms with E-state index in [0.717, 1.165) is 6.07 Å². The van der Waals surface area contributed by atoms with E-state index in [4.69, 9.17) is 10.5 Å². The van der Waals surface area contributed by atoms with Gasteiger partial charge in [-0.15, -0.1) is 0 Å². The molecule has 0 fully saturated rings. The number of hydrogen-bond donors (Lipinski definition) is 2. The number of anilines is 1. The minimum atomic E-state index is -0.830. The van der Waals surface area contributed by atoms with Gasteiger partial charge in [0, 0.05) is 12.2 Å². The summed E-state index contributed by atoms with van der Waals surface area (Å²) < 4.78 is 18.1. The Morgan fingerprint density at radius 1 is 1.44 bits per heavy atom. The zero-order chi connectivity index (χ0) is 13.5. The number of amides is 1. The van der Waals surface area contributed by atoms with Gasteiger partial charge in [-0.3, -0.25) is 4.79 Å². The van der Waals surface area contributed by atoms with Crippen LogP contribution in [0, 0.1) is 5.82 Å². The van der Waals surface area contributed by atoms with Gasteiger partial charge in [-0.2, -0.15) is 0 Å². The third-order valence-corrected chi connectivity index (χ3v) is 2.15. The highest BCUT2D eigenvalue weighted by molar-refractivity contribution is 5.90. The van der Waals surface area contributed by atoms with E-state index in [-0.39, 0.29) is 30.2 Å². The molecule has 5 nitrogen and oxygen atoms in total. The van der Waals surface area contributed by atoms with Crippen LogP contribution in [-0.2, 0) is 9.53 Å². The molecule has 1 rings (SSSR count). The molecule has 0 saturated carbocycles. The summed E-state index contributed by atoms with van der Waals surface area (Å²) in [6, 6.07) is 3.64. The monoisotopic (exact) mass is 254 g/mol. The Hall–Kier alpha value is -2.11. The number of benzene rings is 1. The Balaban J connectivity index is 2.50. The van der Waals surface area contributed by atoms with Crippen molar-refractivity contribution < 1.29 is 18.7 Å². The maximum Gasteiger partial charge on any atom is 0.341 e. The normalized spacial score (nSPS) is 9.89. The fourth-order valence-electron chi connectivity index (χ4n) is 1.30. The number of nitrogen functional groups attached to an aromatic ring is 1. The first kappa shape index (κ1) is 14.0. The van der Waals surface area contributed by atoms with E-state index in [0.29, 0.717) is 6.54 Å². The third-order valence-electron chi connectivity index (χ3n) is 2.15. The molecule has 0 spiro atoms. The molecule has 98 valence electrons. The van der Waals surface area contributed by atoms with Crippen LogP contribution in [0.5, 0.6) is 0 Å². The van der Waals surface area contributed by atoms with Gasteiger partial charge in [0.15, 0.2) is 0 Å². The molecular weight excluding hydrogens is 239 g/mol. The zero-order valence-electron chi connectivity index (χ0n) is 10.0. The molecule has 1 aromatic rings. The Morgan fingerprint density at radius 3 is 2.83 bits per heavy atom. The summed E-state index contributed by atoms with van der Waals surface area (Å²) in [6.07, 6.45) is 0.0452. The summed E-state index contributed by atoms with van der Waals surface area (Å²) >= 11 is 0. The first-order chi connectivity index (χ1) is 8.54. The second kappa shape index (κ2) is 6.58. The molecule has 0 bridgehead atoms. The van der Waals surface area contributed by atoms with Gasteiger partial charge >= 0.3 is 5.97 Å². The van der Waals surface area contributed by atoms with Crippen molar-refractivity contribution in [3.05, 3.63) is 29.6 Å². The number of ether oxygens (including phenoxy) is 1. The predicted octanol–water partition coefficient (Wildman–Crippen LogP) is 1.09. The SMILES string of the molecule is CCNC(=O)CCOC(=O)c1cc(N)ccc1F. The summed E-state index contributed by atoms with van der Waals surface area (Å²) in [5.74, 6) is -1.75. The van der Waals surface area contributed by atoms with E-state index in [1.807, 2.05) is 0 Å². The van der Waals surface area contributed by atoms with Crippen molar-refractivity contribution in [2.45, 2.75) is 13.3 Å². The summed E-state index contributed by atoms with van der Waals surface area (Å²) in [6.45, 7) is 2.20. The number of nitrogens with one attached hydrogen (secondary N) is 1. The van der Waals surface area contributed by atoms with Gasteiger partial charge in [0.2, 0.25) is 5.91 Å². The Labute approximate surface area is 104 Å². The van der Waals surface area contributed by atoms with E-state index in [2.05, 4.69) is 5.32 Å². The molecule has 1 aromatic carbocycles. The molecule has 0 aromatic heterocycles. The minimum absolute atomic E-state index is 0.0452. The lowest BCUT2D eigenvalue weighted by Gasteiger charge is -2.06. The van der Waals surface area contributed by atoms with Gasteiger partial charge in [0.1, 0.15) is 12.4 Å². The molecule has 0 heterocycles. The molecule has 0 atom stereocenters. The molecule has 1 amide bonds. The van der Waals surface area contributed by atoms with Gasteiger partial charge in [0.05, 0.1) is 12.0 Å². The molecule has 0 unspecified atom stereocenters. The van der Waals surface area contributed by atoms with Crippen LogP contribution in [0.1, 0.15) is 23.7 Å². The number of esters is 1. The second-order valence-electron chi connectivity index (χ2n) is 3.58. The van der Waals surface area contributed by atoms with E-state index in [1.165, 1.54) is 12.1 Å². The average Bonchev–Trinajstić information content (AvgIpc) is 2.32. The number of rotatable bonds is 5. The second-order valence-corrected chi connectivity index (χ2v) is 3.58. The first-order valence-corrected chi connectivity index (χ1v) is 5.53. The van der Waals surface area contributed by atoms with Crippen molar-refractivity contribution in [3.8, 4) is 0 Å². The lowest BCUT2D eigenvalue weighted by atomic mass is 10.2. The lowest BCUT2D eigenvalue weighted by Crippen LogP contribution is -2.24. The smallest absolute Gasteiger partial charge is 0.341 e. The molecule has 0 aliphatic carbocycles. The maximum absolute atomic E-state index is 13.3. The van der Waals surface area contributed by atoms with Crippen molar-refractivity contribution in [1.82, 2.24) is 5.32 Å². The first-order valence-electron chi connectivity index (χ1n) is 5.53. The van der Waals surface area contributed by atoms with Crippen LogP contribution >= 0.6 is 0 Å². The summed E-state index contributed by atoms with van der Waals surface area (Å²) in [5.41, 5.74) is 5.48. The molecule has 3 N–H and O–H groups in total. The Bertz CT molecular complexity index is 449. The zero-order valence-corrected chi connectivity index (χ0v) is 10.0. The number of nitrogens with two attached hydrogens (primary N) is 1. The topological polar surface area (TPSA) is 81.4 Å². The highest BCUT2D eigenvalue weighted by Gasteiger charge is 2.13. The van der Waals surface area contributed by atoms with Gasteiger partial charge < -0.3 is 15.8 Å². The fraction of sp³-hybridized carbons (Fsp3) is 0.333. The number of carbonyl (C=O) groups is 2. The van der Waals surface area contributed by atoms with Crippen molar-refractivity contribution in [2.75, 3.05) is 18.9 Å². The Kier molecular flexibility index (Phi) is 5.10. The van der Waals surface area contributed by atoms with Crippen LogP contribution in [0.4, 0.5) is 10.1 Å². The molecule has 0 aliphatic rings. The van der Waals surface area contributed by atoms with Crippen molar-refractivity contribution in [3.63, 3.8) is 0 Å². The van der Waals surface area contributed by atoms with Crippen LogP contribution in [0.2, 0.25) is 0 Å². The predicted molar refractivity (Wildman–Crippen MR) is 64.4 cm³/mol. The highest BCUT2D eigenvalue weighted by atomic mass is 19.1. The third kappa shape index (κ3) is 4.04. The fourth-order valence-corrected chi connectivity index (χ4v) is 1.30. The highest BCUT2D eigenvalue weighted by Crippen LogP contribution is 2.13. The van der Waals surface area contributed by atoms with E-state index in [9.17, 15) is 14.0 Å². The van der Waals surface area contributed by atoms with Gasteiger partial charge in [-0.1, -0.05) is 0 Å². The van der Waals surface area contributed by atoms with Crippen molar-refractivity contribution >= 4 is 17.6 Å². The quantitative estimate of drug-likeness (QED) is 0.608. The largest absolute Gasteiger partial charge is 0.461 e. The Morgan fingerprint density at radius 2 is 2.17 bits per heavy atom. The molecule has 6 heteroatoms. The average molecular weight is 254 g/mol. The maximum atomic E-state index is 13.3. The van der Waals surface area contributed by atoms with Crippen LogP contribution in [0.25, 0.3) is 0 Å². The summed E-state index contributed by atoms with van der Waals surface area (Å²) in [7, 11) is 0. The molecule has 0 radical (unpaired) electrons.